The van der Waals surface area contributed by atoms with Crippen LogP contribution in [0.4, 0.5) is 11.4 Å². The Hall–Kier alpha value is -1.96. The van der Waals surface area contributed by atoms with E-state index in [4.69, 9.17) is 27.9 Å². The molecule has 0 aliphatic carbocycles. The molecule has 0 heterocycles. The van der Waals surface area contributed by atoms with E-state index in [2.05, 4.69) is 5.32 Å². The number of anilines is 1. The number of hydrogen-bond donors (Lipinski definition) is 1. The first-order valence-corrected chi connectivity index (χ1v) is 8.95. The van der Waals surface area contributed by atoms with Gasteiger partial charge in [-0.2, -0.15) is 0 Å². The number of nitrogens with one attached hydrogen (secondary N) is 1. The molecule has 0 saturated heterocycles. The van der Waals surface area contributed by atoms with Gasteiger partial charge >= 0.3 is 5.69 Å². The number of methoxy groups -OCH3 is 1. The zero-order chi connectivity index (χ0) is 18.4. The van der Waals surface area contributed by atoms with Gasteiger partial charge in [0.05, 0.1) is 28.5 Å². The molecule has 25 heavy (non-hydrogen) atoms. The first kappa shape index (κ1) is 19.4. The van der Waals surface area contributed by atoms with Gasteiger partial charge in [0, 0.05) is 16.8 Å². The molecule has 1 N–H and O–H groups in total. The van der Waals surface area contributed by atoms with Gasteiger partial charge in [-0.15, -0.1) is 11.8 Å². The fraction of sp³-hybridized carbons (Fsp3) is 0.188. The number of thioether (sulfide) groups is 1. The highest BCUT2D eigenvalue weighted by molar-refractivity contribution is 7.99. The maximum absolute atomic E-state index is 12.0. The summed E-state index contributed by atoms with van der Waals surface area (Å²) in [7, 11) is 1.38. The lowest BCUT2D eigenvalue weighted by Crippen LogP contribution is -2.14. The number of halogens is 2. The first-order chi connectivity index (χ1) is 11.9. The third-order valence-electron chi connectivity index (χ3n) is 3.15. The highest BCUT2D eigenvalue weighted by Gasteiger charge is 2.15. The molecule has 6 nitrogen and oxygen atoms in total. The number of nitro benzene ring substituents is 1. The van der Waals surface area contributed by atoms with E-state index in [0.29, 0.717) is 21.5 Å². The molecule has 1 amide bonds. The maximum Gasteiger partial charge on any atom is 0.311 e. The summed E-state index contributed by atoms with van der Waals surface area (Å²) >= 11 is 13.1. The molecule has 0 aliphatic rings. The van der Waals surface area contributed by atoms with Gasteiger partial charge in [0.2, 0.25) is 5.91 Å². The Morgan fingerprint density at radius 3 is 2.68 bits per heavy atom. The first-order valence-electron chi connectivity index (χ1n) is 7.04. The number of ether oxygens (including phenoxy) is 1. The molecule has 0 spiro atoms. The molecule has 0 radical (unpaired) electrons. The van der Waals surface area contributed by atoms with Crippen LogP contribution in [0.3, 0.4) is 0 Å². The van der Waals surface area contributed by atoms with Crippen molar-refractivity contribution in [1.29, 1.82) is 0 Å². The lowest BCUT2D eigenvalue weighted by Gasteiger charge is -2.08. The third-order valence-corrected chi connectivity index (χ3v) is 4.70. The molecule has 0 fully saturated rings. The fourth-order valence-corrected chi connectivity index (χ4v) is 3.24. The van der Waals surface area contributed by atoms with Crippen LogP contribution in [0.25, 0.3) is 0 Å². The lowest BCUT2D eigenvalue weighted by atomic mass is 10.2. The molecule has 0 saturated carbocycles. The second-order valence-electron chi connectivity index (χ2n) is 4.93. The van der Waals surface area contributed by atoms with Gasteiger partial charge in [-0.3, -0.25) is 14.9 Å². The minimum Gasteiger partial charge on any atom is -0.490 e. The van der Waals surface area contributed by atoms with Gasteiger partial charge in [-0.1, -0.05) is 29.3 Å². The molecule has 2 aromatic carbocycles. The van der Waals surface area contributed by atoms with Crippen LogP contribution < -0.4 is 10.1 Å². The van der Waals surface area contributed by atoms with Crippen molar-refractivity contribution in [3.63, 3.8) is 0 Å². The third kappa shape index (κ3) is 5.52. The summed E-state index contributed by atoms with van der Waals surface area (Å²) in [6, 6.07) is 9.52. The van der Waals surface area contributed by atoms with E-state index in [1.165, 1.54) is 24.9 Å². The molecule has 2 aromatic rings. The molecule has 0 aliphatic heterocycles. The van der Waals surface area contributed by atoms with Crippen LogP contribution >= 0.6 is 35.0 Å². The summed E-state index contributed by atoms with van der Waals surface area (Å²) in [5, 5.41) is 14.5. The Kier molecular flexibility index (Phi) is 6.92. The van der Waals surface area contributed by atoms with E-state index in [-0.39, 0.29) is 23.1 Å². The highest BCUT2D eigenvalue weighted by Crippen LogP contribution is 2.29. The highest BCUT2D eigenvalue weighted by atomic mass is 35.5. The van der Waals surface area contributed by atoms with E-state index in [1.54, 1.807) is 30.3 Å². The Labute approximate surface area is 158 Å². The average molecular weight is 401 g/mol. The van der Waals surface area contributed by atoms with E-state index >= 15 is 0 Å². The van der Waals surface area contributed by atoms with E-state index in [0.717, 1.165) is 5.56 Å². The number of carbonyl (C=O) groups excluding carboxylic acids is 1. The van der Waals surface area contributed by atoms with Gasteiger partial charge in [-0.05, 0) is 29.8 Å². The lowest BCUT2D eigenvalue weighted by molar-refractivity contribution is -0.385. The Morgan fingerprint density at radius 1 is 1.28 bits per heavy atom. The molecule has 9 heteroatoms. The summed E-state index contributed by atoms with van der Waals surface area (Å²) < 4.78 is 4.96. The van der Waals surface area contributed by atoms with Gasteiger partial charge < -0.3 is 10.1 Å². The van der Waals surface area contributed by atoms with Crippen molar-refractivity contribution in [2.75, 3.05) is 18.2 Å². The molecular formula is C16H14Cl2N2O4S. The summed E-state index contributed by atoms with van der Waals surface area (Å²) in [4.78, 5) is 22.5. The number of rotatable bonds is 7. The van der Waals surface area contributed by atoms with Crippen LogP contribution in [0, 0.1) is 10.1 Å². The SMILES string of the molecule is COc1ccc(CSCC(=O)Nc2ccc(Cl)cc2Cl)cc1[N+](=O)[O-]. The second kappa shape index (κ2) is 8.94. The van der Waals surface area contributed by atoms with Gasteiger partial charge in [0.15, 0.2) is 5.75 Å². The Balaban J connectivity index is 1.91. The van der Waals surface area contributed by atoms with Crippen LogP contribution in [-0.2, 0) is 10.5 Å². The van der Waals surface area contributed by atoms with Crippen molar-refractivity contribution in [2.45, 2.75) is 5.75 Å². The number of nitro groups is 1. The largest absolute Gasteiger partial charge is 0.490 e. The predicted molar refractivity (Wildman–Crippen MR) is 101 cm³/mol. The van der Waals surface area contributed by atoms with Crippen molar-refractivity contribution < 1.29 is 14.5 Å². The topological polar surface area (TPSA) is 81.5 Å². The van der Waals surface area contributed by atoms with Crippen LogP contribution in [0.1, 0.15) is 5.56 Å². The monoisotopic (exact) mass is 400 g/mol. The Bertz CT molecular complexity index is 802. The van der Waals surface area contributed by atoms with Gasteiger partial charge in [-0.25, -0.2) is 0 Å². The molecular weight excluding hydrogens is 387 g/mol. The molecule has 0 bridgehead atoms. The van der Waals surface area contributed by atoms with Crippen molar-refractivity contribution in [1.82, 2.24) is 0 Å². The average Bonchev–Trinajstić information content (AvgIpc) is 2.57. The zero-order valence-electron chi connectivity index (χ0n) is 13.1. The van der Waals surface area contributed by atoms with Crippen molar-refractivity contribution >= 4 is 52.2 Å². The number of amides is 1. The normalized spacial score (nSPS) is 10.4. The fourth-order valence-electron chi connectivity index (χ4n) is 2.01. The number of hydrogen-bond acceptors (Lipinski definition) is 5. The smallest absolute Gasteiger partial charge is 0.311 e. The molecule has 2 rings (SSSR count). The quantitative estimate of drug-likeness (QED) is 0.533. The minimum atomic E-state index is -0.498. The molecule has 0 atom stereocenters. The van der Waals surface area contributed by atoms with Crippen LogP contribution in [0.5, 0.6) is 5.75 Å². The van der Waals surface area contributed by atoms with Crippen molar-refractivity contribution in [2.24, 2.45) is 0 Å². The van der Waals surface area contributed by atoms with Gasteiger partial charge in [0.1, 0.15) is 0 Å². The zero-order valence-corrected chi connectivity index (χ0v) is 15.5. The number of carbonyl (C=O) groups is 1. The summed E-state index contributed by atoms with van der Waals surface area (Å²) in [6.07, 6.45) is 0. The van der Waals surface area contributed by atoms with E-state index in [9.17, 15) is 14.9 Å². The summed E-state index contributed by atoms with van der Waals surface area (Å²) in [5.41, 5.74) is 1.12. The molecule has 132 valence electrons. The Morgan fingerprint density at radius 2 is 2.04 bits per heavy atom. The minimum absolute atomic E-state index is 0.0991. The van der Waals surface area contributed by atoms with Crippen molar-refractivity contribution in [3.8, 4) is 5.75 Å². The molecule has 0 unspecified atom stereocenters. The van der Waals surface area contributed by atoms with Crippen molar-refractivity contribution in [3.05, 3.63) is 62.1 Å². The second-order valence-corrected chi connectivity index (χ2v) is 6.76. The van der Waals surface area contributed by atoms with Gasteiger partial charge in [0.25, 0.3) is 0 Å². The van der Waals surface area contributed by atoms with Crippen LogP contribution in [0.2, 0.25) is 10.0 Å². The van der Waals surface area contributed by atoms with E-state index in [1.807, 2.05) is 0 Å². The maximum atomic E-state index is 12.0. The summed E-state index contributed by atoms with van der Waals surface area (Å²) in [6.45, 7) is 0. The van der Waals surface area contributed by atoms with Crippen LogP contribution in [-0.4, -0.2) is 23.7 Å². The summed E-state index contributed by atoms with van der Waals surface area (Å²) in [5.74, 6) is 0.608. The van der Waals surface area contributed by atoms with E-state index < -0.39 is 4.92 Å². The number of nitrogens with zero attached hydrogens (tertiary/aromatic N) is 1. The standard InChI is InChI=1S/C16H14Cl2N2O4S/c1-24-15-5-2-10(6-14(15)20(22)23)8-25-9-16(21)19-13-4-3-11(17)7-12(13)18/h2-7H,8-9H2,1H3,(H,19,21). The van der Waals surface area contributed by atoms with Crippen LogP contribution in [0.15, 0.2) is 36.4 Å². The number of benzene rings is 2. The predicted octanol–water partition coefficient (Wildman–Crippen LogP) is 4.78. The molecule has 0 aromatic heterocycles.